The van der Waals surface area contributed by atoms with Crippen molar-refractivity contribution in [3.05, 3.63) is 24.3 Å². The van der Waals surface area contributed by atoms with Crippen LogP contribution in [0.25, 0.3) is 0 Å². The third kappa shape index (κ3) is 4.67. The fourth-order valence-corrected chi connectivity index (χ4v) is 4.61. The Morgan fingerprint density at radius 3 is 2.77 bits per heavy atom. The van der Waals surface area contributed by atoms with Gasteiger partial charge < -0.3 is 15.4 Å². The summed E-state index contributed by atoms with van der Waals surface area (Å²) in [7, 11) is 1.64. The minimum atomic E-state index is 0.108. The van der Waals surface area contributed by atoms with Crippen molar-refractivity contribution in [2.75, 3.05) is 18.2 Å². The molecule has 6 nitrogen and oxygen atoms in total. The average Bonchev–Trinajstić information content (AvgIpc) is 3.57. The summed E-state index contributed by atoms with van der Waals surface area (Å²) >= 11 is 2.89. The van der Waals surface area contributed by atoms with Gasteiger partial charge in [0.1, 0.15) is 5.75 Å². The van der Waals surface area contributed by atoms with Gasteiger partial charge in [-0.2, -0.15) is 0 Å². The van der Waals surface area contributed by atoms with Crippen LogP contribution in [0, 0.1) is 11.8 Å². The SMILES string of the molecule is COc1cccc(Nc2nnc(SCC(=O)NC(C3CC3)C3CC3)s2)c1. The Morgan fingerprint density at radius 2 is 2.08 bits per heavy atom. The van der Waals surface area contributed by atoms with Crippen LogP contribution in [0.2, 0.25) is 0 Å². The van der Waals surface area contributed by atoms with Crippen LogP contribution in [-0.2, 0) is 4.79 Å². The second-order valence-corrected chi connectivity index (χ2v) is 8.99. The monoisotopic (exact) mass is 390 g/mol. The number of ether oxygens (including phenoxy) is 1. The van der Waals surface area contributed by atoms with Crippen molar-refractivity contribution >= 4 is 39.8 Å². The van der Waals surface area contributed by atoms with Crippen LogP contribution in [-0.4, -0.2) is 35.0 Å². The Labute approximate surface area is 161 Å². The molecule has 2 N–H and O–H groups in total. The number of benzene rings is 1. The molecule has 0 atom stereocenters. The van der Waals surface area contributed by atoms with Crippen molar-refractivity contribution < 1.29 is 9.53 Å². The molecule has 2 saturated carbocycles. The number of carbonyl (C=O) groups excluding carboxylic acids is 1. The molecule has 26 heavy (non-hydrogen) atoms. The quantitative estimate of drug-likeness (QED) is 0.636. The lowest BCUT2D eigenvalue weighted by atomic mass is 10.1. The zero-order valence-electron chi connectivity index (χ0n) is 14.6. The molecule has 4 rings (SSSR count). The molecule has 1 aromatic heterocycles. The third-order valence-corrected chi connectivity index (χ3v) is 6.61. The van der Waals surface area contributed by atoms with Crippen molar-refractivity contribution in [3.8, 4) is 5.75 Å². The van der Waals surface area contributed by atoms with Gasteiger partial charge in [-0.05, 0) is 49.7 Å². The van der Waals surface area contributed by atoms with E-state index in [4.69, 9.17) is 4.74 Å². The Bertz CT molecular complexity index is 762. The molecule has 0 unspecified atom stereocenters. The van der Waals surface area contributed by atoms with E-state index in [0.29, 0.717) is 16.9 Å². The molecule has 2 aliphatic rings. The first-order valence-electron chi connectivity index (χ1n) is 8.88. The second-order valence-electron chi connectivity index (χ2n) is 6.79. The number of amides is 1. The van der Waals surface area contributed by atoms with E-state index in [1.165, 1.54) is 48.8 Å². The van der Waals surface area contributed by atoms with Crippen LogP contribution in [0.4, 0.5) is 10.8 Å². The van der Waals surface area contributed by atoms with E-state index in [1.807, 2.05) is 24.3 Å². The summed E-state index contributed by atoms with van der Waals surface area (Å²) in [5, 5.41) is 15.5. The van der Waals surface area contributed by atoms with Gasteiger partial charge in [0.15, 0.2) is 4.34 Å². The first-order chi connectivity index (χ1) is 12.7. The number of nitrogens with zero attached hydrogens (tertiary/aromatic N) is 2. The van der Waals surface area contributed by atoms with E-state index in [-0.39, 0.29) is 5.91 Å². The number of rotatable bonds is 9. The van der Waals surface area contributed by atoms with Gasteiger partial charge in [-0.3, -0.25) is 4.79 Å². The van der Waals surface area contributed by atoms with Gasteiger partial charge in [0.2, 0.25) is 11.0 Å². The predicted octanol–water partition coefficient (Wildman–Crippen LogP) is 3.69. The van der Waals surface area contributed by atoms with Crippen LogP contribution in [0.3, 0.4) is 0 Å². The average molecular weight is 391 g/mol. The standard InChI is InChI=1S/C18H22N4O2S2/c1-24-14-4-2-3-13(9-14)19-17-21-22-18(26-17)25-10-15(23)20-16(11-5-6-11)12-7-8-12/h2-4,9,11-12,16H,5-8,10H2,1H3,(H,19,21)(H,20,23). The van der Waals surface area contributed by atoms with Gasteiger partial charge in [-0.1, -0.05) is 29.2 Å². The molecule has 0 radical (unpaired) electrons. The number of thioether (sulfide) groups is 1. The van der Waals surface area contributed by atoms with Crippen molar-refractivity contribution in [1.29, 1.82) is 0 Å². The van der Waals surface area contributed by atoms with E-state index in [0.717, 1.165) is 27.6 Å². The zero-order chi connectivity index (χ0) is 17.9. The first-order valence-corrected chi connectivity index (χ1v) is 10.7. The molecule has 8 heteroatoms. The zero-order valence-corrected chi connectivity index (χ0v) is 16.2. The van der Waals surface area contributed by atoms with Crippen LogP contribution in [0.15, 0.2) is 28.6 Å². The number of methoxy groups -OCH3 is 1. The van der Waals surface area contributed by atoms with Gasteiger partial charge >= 0.3 is 0 Å². The van der Waals surface area contributed by atoms with Gasteiger partial charge in [0.25, 0.3) is 0 Å². The minimum absolute atomic E-state index is 0.108. The normalized spacial score (nSPS) is 16.5. The molecule has 1 aromatic carbocycles. The van der Waals surface area contributed by atoms with E-state index in [1.54, 1.807) is 7.11 Å². The smallest absolute Gasteiger partial charge is 0.230 e. The lowest BCUT2D eigenvalue weighted by molar-refractivity contribution is -0.119. The molecule has 138 valence electrons. The Balaban J connectivity index is 1.27. The Kier molecular flexibility index (Phi) is 5.31. The lowest BCUT2D eigenvalue weighted by Gasteiger charge is -2.17. The highest BCUT2D eigenvalue weighted by Gasteiger charge is 2.42. The van der Waals surface area contributed by atoms with Crippen molar-refractivity contribution in [3.63, 3.8) is 0 Å². The van der Waals surface area contributed by atoms with E-state index < -0.39 is 0 Å². The number of aromatic nitrogens is 2. The highest BCUT2D eigenvalue weighted by atomic mass is 32.2. The van der Waals surface area contributed by atoms with Crippen LogP contribution in [0.1, 0.15) is 25.7 Å². The van der Waals surface area contributed by atoms with Crippen molar-refractivity contribution in [2.45, 2.75) is 36.1 Å². The van der Waals surface area contributed by atoms with E-state index in [9.17, 15) is 4.79 Å². The summed E-state index contributed by atoms with van der Waals surface area (Å²) in [5.41, 5.74) is 0.895. The number of carbonyl (C=O) groups is 1. The summed E-state index contributed by atoms with van der Waals surface area (Å²) in [6.45, 7) is 0. The van der Waals surface area contributed by atoms with Gasteiger partial charge in [0, 0.05) is 17.8 Å². The summed E-state index contributed by atoms with van der Waals surface area (Å²) in [4.78, 5) is 12.3. The molecule has 0 saturated heterocycles. The molecule has 2 aromatic rings. The molecular weight excluding hydrogens is 368 g/mol. The largest absolute Gasteiger partial charge is 0.497 e. The molecule has 2 fully saturated rings. The van der Waals surface area contributed by atoms with Gasteiger partial charge in [0.05, 0.1) is 12.9 Å². The predicted molar refractivity (Wildman–Crippen MR) is 104 cm³/mol. The Morgan fingerprint density at radius 1 is 1.31 bits per heavy atom. The number of hydrogen-bond acceptors (Lipinski definition) is 7. The molecule has 1 heterocycles. The summed E-state index contributed by atoms with van der Waals surface area (Å²) < 4.78 is 6.01. The van der Waals surface area contributed by atoms with Crippen molar-refractivity contribution in [1.82, 2.24) is 15.5 Å². The van der Waals surface area contributed by atoms with Crippen molar-refractivity contribution in [2.24, 2.45) is 11.8 Å². The minimum Gasteiger partial charge on any atom is -0.497 e. The summed E-state index contributed by atoms with van der Waals surface area (Å²) in [6, 6.07) is 8.06. The fraction of sp³-hybridized carbons (Fsp3) is 0.500. The van der Waals surface area contributed by atoms with Crippen LogP contribution < -0.4 is 15.4 Å². The highest BCUT2D eigenvalue weighted by Crippen LogP contribution is 2.44. The highest BCUT2D eigenvalue weighted by molar-refractivity contribution is 8.01. The van der Waals surface area contributed by atoms with E-state index >= 15 is 0 Å². The molecule has 2 aliphatic carbocycles. The fourth-order valence-electron chi connectivity index (χ4n) is 3.03. The lowest BCUT2D eigenvalue weighted by Crippen LogP contribution is -2.39. The molecule has 0 aliphatic heterocycles. The Hall–Kier alpha value is -1.80. The summed E-state index contributed by atoms with van der Waals surface area (Å²) in [6.07, 6.45) is 5.07. The molecule has 0 bridgehead atoms. The second kappa shape index (κ2) is 7.84. The van der Waals surface area contributed by atoms with Gasteiger partial charge in [-0.25, -0.2) is 0 Å². The molecular formula is C18H22N4O2S2. The maximum absolute atomic E-state index is 12.3. The maximum atomic E-state index is 12.3. The number of hydrogen-bond donors (Lipinski definition) is 2. The summed E-state index contributed by atoms with van der Waals surface area (Å²) in [5.74, 6) is 2.72. The van der Waals surface area contributed by atoms with Crippen LogP contribution in [0.5, 0.6) is 5.75 Å². The third-order valence-electron chi connectivity index (χ3n) is 4.64. The first kappa shape index (κ1) is 17.6. The number of nitrogens with one attached hydrogen (secondary N) is 2. The number of anilines is 2. The molecule has 1 amide bonds. The van der Waals surface area contributed by atoms with E-state index in [2.05, 4.69) is 20.8 Å². The topological polar surface area (TPSA) is 76.1 Å². The van der Waals surface area contributed by atoms with Crippen LogP contribution >= 0.6 is 23.1 Å². The maximum Gasteiger partial charge on any atom is 0.230 e. The van der Waals surface area contributed by atoms with Gasteiger partial charge in [-0.15, -0.1) is 10.2 Å². The molecule has 0 spiro atoms.